The first-order chi connectivity index (χ1) is 29.6. The second-order valence-electron chi connectivity index (χ2n) is 15.6. The summed E-state index contributed by atoms with van der Waals surface area (Å²) >= 11 is 0. The quantitative estimate of drug-likeness (QED) is 0.161. The summed E-state index contributed by atoms with van der Waals surface area (Å²) in [4.78, 5) is 4.86. The molecule has 0 amide bonds. The zero-order chi connectivity index (χ0) is 39.9. The van der Waals surface area contributed by atoms with E-state index in [1.807, 2.05) is 30.3 Å². The monoisotopic (exact) mass is 773 g/mol. The fourth-order valence-corrected chi connectivity index (χ4v) is 9.81. The lowest BCUT2D eigenvalue weighted by atomic mass is 9.33. The summed E-state index contributed by atoms with van der Waals surface area (Å²) < 4.78 is 31.5. The van der Waals surface area contributed by atoms with Crippen molar-refractivity contribution in [1.82, 2.24) is 4.57 Å². The Morgan fingerprint density at radius 3 is 1.50 bits per heavy atom. The van der Waals surface area contributed by atoms with E-state index in [0.717, 1.165) is 73.0 Å². The molecule has 0 unspecified atom stereocenters. The van der Waals surface area contributed by atoms with Crippen LogP contribution in [0.2, 0.25) is 0 Å². The van der Waals surface area contributed by atoms with E-state index in [1.54, 1.807) is 0 Å². The SMILES string of the molecule is Fc1cc(F)cc(-c2ccccc2-n2c3ccccc3c3cc(-c4cc5c6c(c4)N(c4ccccc4)c4ccccc4B6c4ccccc4N5c4ccccc4)ccc32)c1. The first-order valence-electron chi connectivity index (χ1n) is 20.3. The Morgan fingerprint density at radius 2 is 0.867 bits per heavy atom. The number of aromatic nitrogens is 1. The minimum atomic E-state index is -0.606. The Bertz CT molecular complexity index is 3190. The van der Waals surface area contributed by atoms with Crippen molar-refractivity contribution in [3.05, 3.63) is 218 Å². The number of hydrogen-bond acceptors (Lipinski definition) is 2. The number of benzene rings is 9. The molecule has 9 aromatic carbocycles. The van der Waals surface area contributed by atoms with E-state index in [4.69, 9.17) is 0 Å². The average molecular weight is 774 g/mol. The molecule has 0 radical (unpaired) electrons. The molecule has 0 N–H and O–H groups in total. The molecule has 0 aliphatic carbocycles. The lowest BCUT2D eigenvalue weighted by Gasteiger charge is -2.44. The van der Waals surface area contributed by atoms with Crippen molar-refractivity contribution in [3.63, 3.8) is 0 Å². The van der Waals surface area contributed by atoms with Crippen molar-refractivity contribution < 1.29 is 8.78 Å². The maximum Gasteiger partial charge on any atom is 0.252 e. The molecule has 6 heteroatoms. The summed E-state index contributed by atoms with van der Waals surface area (Å²) in [5.41, 5.74) is 16.9. The van der Waals surface area contributed by atoms with Gasteiger partial charge in [0.2, 0.25) is 0 Å². The highest BCUT2D eigenvalue weighted by atomic mass is 19.1. The fourth-order valence-electron chi connectivity index (χ4n) is 9.81. The van der Waals surface area contributed by atoms with Crippen LogP contribution in [0.3, 0.4) is 0 Å². The van der Waals surface area contributed by atoms with Crippen LogP contribution in [0.25, 0.3) is 49.7 Å². The highest BCUT2D eigenvalue weighted by molar-refractivity contribution is 7.00. The molecular weight excluding hydrogens is 739 g/mol. The van der Waals surface area contributed by atoms with Gasteiger partial charge < -0.3 is 14.4 Å². The second-order valence-corrected chi connectivity index (χ2v) is 15.6. The number of para-hydroxylation sites is 6. The van der Waals surface area contributed by atoms with E-state index in [9.17, 15) is 8.78 Å². The van der Waals surface area contributed by atoms with E-state index in [2.05, 4.69) is 172 Å². The molecule has 282 valence electrons. The van der Waals surface area contributed by atoms with Crippen LogP contribution in [0.4, 0.5) is 42.9 Å². The Balaban J connectivity index is 1.13. The van der Waals surface area contributed by atoms with Gasteiger partial charge in [0.15, 0.2) is 0 Å². The Kier molecular flexibility index (Phi) is 7.69. The molecule has 0 atom stereocenters. The Hall–Kier alpha value is -7.70. The van der Waals surface area contributed by atoms with Gasteiger partial charge in [0.1, 0.15) is 11.6 Å². The largest absolute Gasteiger partial charge is 0.311 e. The number of nitrogens with zero attached hydrogens (tertiary/aromatic N) is 3. The van der Waals surface area contributed by atoms with Gasteiger partial charge >= 0.3 is 0 Å². The molecule has 60 heavy (non-hydrogen) atoms. The van der Waals surface area contributed by atoms with Crippen molar-refractivity contribution in [2.75, 3.05) is 9.80 Å². The summed E-state index contributed by atoms with van der Waals surface area (Å²) in [6.45, 7) is 0.0310. The number of halogens is 2. The number of fused-ring (bicyclic) bond motifs is 7. The first-order valence-corrected chi connectivity index (χ1v) is 20.3. The zero-order valence-corrected chi connectivity index (χ0v) is 32.3. The minimum absolute atomic E-state index is 0.0310. The predicted molar refractivity (Wildman–Crippen MR) is 246 cm³/mol. The molecule has 0 fully saturated rings. The lowest BCUT2D eigenvalue weighted by molar-refractivity contribution is 0.584. The normalized spacial score (nSPS) is 12.7. The van der Waals surface area contributed by atoms with Crippen LogP contribution in [0.5, 0.6) is 0 Å². The van der Waals surface area contributed by atoms with Crippen molar-refractivity contribution in [2.45, 2.75) is 0 Å². The molecule has 2 aliphatic heterocycles. The Morgan fingerprint density at radius 1 is 0.350 bits per heavy atom. The van der Waals surface area contributed by atoms with Gasteiger partial charge in [0.05, 0.1) is 16.7 Å². The maximum atomic E-state index is 14.6. The van der Waals surface area contributed by atoms with Crippen molar-refractivity contribution in [3.8, 4) is 27.9 Å². The minimum Gasteiger partial charge on any atom is -0.311 e. The molecule has 12 rings (SSSR count). The van der Waals surface area contributed by atoms with E-state index < -0.39 is 11.6 Å². The fraction of sp³-hybridized carbons (Fsp3) is 0. The van der Waals surface area contributed by atoms with E-state index >= 15 is 0 Å². The summed E-state index contributed by atoms with van der Waals surface area (Å²) in [5, 5.41) is 2.18. The van der Waals surface area contributed by atoms with Gasteiger partial charge in [-0.2, -0.15) is 0 Å². The maximum absolute atomic E-state index is 14.6. The van der Waals surface area contributed by atoms with Crippen molar-refractivity contribution in [2.24, 2.45) is 0 Å². The van der Waals surface area contributed by atoms with Gasteiger partial charge in [-0.15, -0.1) is 0 Å². The topological polar surface area (TPSA) is 11.4 Å². The van der Waals surface area contributed by atoms with Crippen LogP contribution in [0.1, 0.15) is 0 Å². The van der Waals surface area contributed by atoms with E-state index in [1.165, 1.54) is 39.9 Å². The van der Waals surface area contributed by atoms with Crippen LogP contribution in [0, 0.1) is 11.6 Å². The van der Waals surface area contributed by atoms with Gasteiger partial charge in [-0.3, -0.25) is 0 Å². The Labute approximate surface area is 346 Å². The molecule has 0 saturated heterocycles. The van der Waals surface area contributed by atoms with Crippen LogP contribution >= 0.6 is 0 Å². The van der Waals surface area contributed by atoms with E-state index in [0.29, 0.717) is 5.56 Å². The van der Waals surface area contributed by atoms with Gasteiger partial charge in [-0.05, 0) is 118 Å². The molecule has 0 saturated carbocycles. The number of rotatable bonds is 5. The molecule has 2 aliphatic rings. The molecule has 10 aromatic rings. The first kappa shape index (κ1) is 34.4. The molecule has 1 aromatic heterocycles. The third kappa shape index (κ3) is 5.20. The smallest absolute Gasteiger partial charge is 0.252 e. The average Bonchev–Trinajstić information content (AvgIpc) is 3.62. The summed E-state index contributed by atoms with van der Waals surface area (Å²) in [6.07, 6.45) is 0. The van der Waals surface area contributed by atoms with Crippen molar-refractivity contribution >= 4 is 79.0 Å². The van der Waals surface area contributed by atoms with Crippen LogP contribution < -0.4 is 26.2 Å². The third-order valence-corrected chi connectivity index (χ3v) is 12.2. The molecule has 3 nitrogen and oxygen atoms in total. The lowest BCUT2D eigenvalue weighted by Crippen LogP contribution is -2.61. The molecule has 0 bridgehead atoms. The highest BCUT2D eigenvalue weighted by Gasteiger charge is 2.43. The number of anilines is 6. The predicted octanol–water partition coefficient (Wildman–Crippen LogP) is 12.5. The van der Waals surface area contributed by atoms with Gasteiger partial charge in [0, 0.05) is 56.5 Å². The summed E-state index contributed by atoms with van der Waals surface area (Å²) in [6, 6.07) is 70.4. The highest BCUT2D eigenvalue weighted by Crippen LogP contribution is 2.46. The van der Waals surface area contributed by atoms with Gasteiger partial charge in [-0.25, -0.2) is 8.78 Å². The molecular formula is C54H34BF2N3. The van der Waals surface area contributed by atoms with Gasteiger partial charge in [-0.1, -0.05) is 115 Å². The number of hydrogen-bond donors (Lipinski definition) is 0. The summed E-state index contributed by atoms with van der Waals surface area (Å²) in [5.74, 6) is -1.21. The van der Waals surface area contributed by atoms with Crippen molar-refractivity contribution in [1.29, 1.82) is 0 Å². The van der Waals surface area contributed by atoms with E-state index in [-0.39, 0.29) is 6.71 Å². The zero-order valence-electron chi connectivity index (χ0n) is 32.3. The molecule has 0 spiro atoms. The van der Waals surface area contributed by atoms with Crippen LogP contribution in [0.15, 0.2) is 206 Å². The van der Waals surface area contributed by atoms with Gasteiger partial charge in [0.25, 0.3) is 6.71 Å². The standard InChI is InChI=1S/C54H34BF2N3/c56-38-29-37(30-39(57)34-38)42-19-7-11-23-47(42)60-48-24-12-8-20-43(48)44-31-35(27-28-49(44)60)36-32-52-54-53(33-36)59(41-17-5-2-6-18-41)51-26-14-10-22-46(51)55(54)45-21-9-13-25-50(45)58(52)40-15-3-1-4-16-40/h1-34H. The molecule has 3 heterocycles. The summed E-state index contributed by atoms with van der Waals surface area (Å²) in [7, 11) is 0. The van der Waals surface area contributed by atoms with Crippen LogP contribution in [-0.2, 0) is 0 Å². The third-order valence-electron chi connectivity index (χ3n) is 12.2. The second kappa shape index (κ2) is 13.4. The van der Waals surface area contributed by atoms with Crippen LogP contribution in [-0.4, -0.2) is 11.3 Å².